The fraction of sp³-hybridized carbons (Fsp3) is 0.250. The van der Waals surface area contributed by atoms with E-state index in [2.05, 4.69) is 21.2 Å². The highest BCUT2D eigenvalue weighted by atomic mass is 79.9. The summed E-state index contributed by atoms with van der Waals surface area (Å²) in [5, 5.41) is 13.2. The Bertz CT molecular complexity index is 621. The van der Waals surface area contributed by atoms with Crippen molar-refractivity contribution in [3.63, 3.8) is 0 Å². The van der Waals surface area contributed by atoms with Crippen LogP contribution in [0.5, 0.6) is 0 Å². The first-order chi connectivity index (χ1) is 9.99. The van der Waals surface area contributed by atoms with Gasteiger partial charge < -0.3 is 10.4 Å². The smallest absolute Gasteiger partial charge is 0.159 e. The predicted molar refractivity (Wildman–Crippen MR) is 81.9 cm³/mol. The molecule has 0 heterocycles. The summed E-state index contributed by atoms with van der Waals surface area (Å²) in [5.41, 5.74) is 1.41. The van der Waals surface area contributed by atoms with Gasteiger partial charge in [0.1, 0.15) is 0 Å². The zero-order chi connectivity index (χ0) is 15.4. The van der Waals surface area contributed by atoms with Crippen LogP contribution in [0.2, 0.25) is 0 Å². The lowest BCUT2D eigenvalue weighted by Gasteiger charge is -2.19. The Kier molecular flexibility index (Phi) is 5.45. The molecule has 21 heavy (non-hydrogen) atoms. The molecule has 0 aliphatic heterocycles. The topological polar surface area (TPSA) is 32.3 Å². The number of nitrogens with one attached hydrogen (secondary N) is 1. The maximum absolute atomic E-state index is 13.1. The van der Waals surface area contributed by atoms with Crippen LogP contribution in [0.4, 0.5) is 8.78 Å². The van der Waals surface area contributed by atoms with Crippen molar-refractivity contribution in [1.29, 1.82) is 0 Å². The van der Waals surface area contributed by atoms with Gasteiger partial charge in [0.15, 0.2) is 11.6 Å². The standard InChI is InChI=1S/C16H16BrF2NO/c1-10(12-4-2-3-5-13(12)17)20-9-16(21)11-6-7-14(18)15(19)8-11/h2-8,10,16,20-21H,9H2,1H3/t10-,16?/m1/s1. The molecule has 0 spiro atoms. The molecule has 2 atom stereocenters. The van der Waals surface area contributed by atoms with Crippen LogP contribution >= 0.6 is 15.9 Å². The Balaban J connectivity index is 1.99. The average molecular weight is 356 g/mol. The maximum Gasteiger partial charge on any atom is 0.159 e. The van der Waals surface area contributed by atoms with Crippen molar-refractivity contribution in [1.82, 2.24) is 5.32 Å². The van der Waals surface area contributed by atoms with Crippen LogP contribution in [0.3, 0.4) is 0 Å². The van der Waals surface area contributed by atoms with Gasteiger partial charge in [0.25, 0.3) is 0 Å². The number of rotatable bonds is 5. The molecule has 0 aliphatic carbocycles. The molecule has 112 valence electrons. The Labute approximate surface area is 130 Å². The fourth-order valence-electron chi connectivity index (χ4n) is 2.06. The number of hydrogen-bond acceptors (Lipinski definition) is 2. The van der Waals surface area contributed by atoms with Crippen LogP contribution in [0.25, 0.3) is 0 Å². The van der Waals surface area contributed by atoms with E-state index in [1.54, 1.807) is 0 Å². The Morgan fingerprint density at radius 1 is 1.14 bits per heavy atom. The van der Waals surface area contributed by atoms with Crippen LogP contribution in [0.15, 0.2) is 46.9 Å². The van der Waals surface area contributed by atoms with Crippen LogP contribution in [-0.2, 0) is 0 Å². The van der Waals surface area contributed by atoms with E-state index in [-0.39, 0.29) is 12.6 Å². The summed E-state index contributed by atoms with van der Waals surface area (Å²) in [6, 6.07) is 11.2. The third-order valence-electron chi connectivity index (χ3n) is 3.32. The number of aliphatic hydroxyl groups is 1. The van der Waals surface area contributed by atoms with E-state index in [1.165, 1.54) is 6.07 Å². The Morgan fingerprint density at radius 3 is 2.52 bits per heavy atom. The van der Waals surface area contributed by atoms with Crippen LogP contribution in [0, 0.1) is 11.6 Å². The van der Waals surface area contributed by atoms with Gasteiger partial charge in [-0.3, -0.25) is 0 Å². The summed E-state index contributed by atoms with van der Waals surface area (Å²) < 4.78 is 27.0. The van der Waals surface area contributed by atoms with E-state index in [4.69, 9.17) is 0 Å². The van der Waals surface area contributed by atoms with Crippen LogP contribution in [-0.4, -0.2) is 11.7 Å². The molecule has 0 aliphatic rings. The lowest BCUT2D eigenvalue weighted by Crippen LogP contribution is -2.25. The van der Waals surface area contributed by atoms with Crippen molar-refractivity contribution < 1.29 is 13.9 Å². The van der Waals surface area contributed by atoms with Crippen LogP contribution < -0.4 is 5.32 Å². The monoisotopic (exact) mass is 355 g/mol. The molecule has 0 fully saturated rings. The van der Waals surface area contributed by atoms with E-state index in [1.807, 2.05) is 31.2 Å². The van der Waals surface area contributed by atoms with Gasteiger partial charge in [0.2, 0.25) is 0 Å². The van der Waals surface area contributed by atoms with Crippen molar-refractivity contribution in [3.8, 4) is 0 Å². The summed E-state index contributed by atoms with van der Waals surface area (Å²) in [4.78, 5) is 0. The first-order valence-corrected chi connectivity index (χ1v) is 7.39. The molecular weight excluding hydrogens is 340 g/mol. The molecule has 2 rings (SSSR count). The van der Waals surface area contributed by atoms with Gasteiger partial charge in [-0.15, -0.1) is 0 Å². The first kappa shape index (κ1) is 16.1. The molecule has 0 bridgehead atoms. The molecule has 2 N–H and O–H groups in total. The van der Waals surface area contributed by atoms with Crippen molar-refractivity contribution >= 4 is 15.9 Å². The summed E-state index contributed by atoms with van der Waals surface area (Å²) in [6.45, 7) is 2.21. The van der Waals surface area contributed by atoms with Crippen molar-refractivity contribution in [2.24, 2.45) is 0 Å². The minimum absolute atomic E-state index is 0.0144. The van der Waals surface area contributed by atoms with Crippen molar-refractivity contribution in [2.45, 2.75) is 19.1 Å². The molecule has 2 aromatic carbocycles. The molecule has 0 saturated heterocycles. The normalized spacial score (nSPS) is 14.0. The van der Waals surface area contributed by atoms with Gasteiger partial charge >= 0.3 is 0 Å². The van der Waals surface area contributed by atoms with E-state index < -0.39 is 17.7 Å². The van der Waals surface area contributed by atoms with Gasteiger partial charge in [-0.25, -0.2) is 8.78 Å². The molecule has 0 amide bonds. The van der Waals surface area contributed by atoms with E-state index >= 15 is 0 Å². The molecule has 0 aromatic heterocycles. The summed E-state index contributed by atoms with van der Waals surface area (Å²) in [6.07, 6.45) is -0.898. The predicted octanol–water partition coefficient (Wildman–Crippen LogP) is 4.11. The summed E-state index contributed by atoms with van der Waals surface area (Å²) >= 11 is 3.47. The fourth-order valence-corrected chi connectivity index (χ4v) is 2.69. The van der Waals surface area contributed by atoms with Gasteiger partial charge in [0.05, 0.1) is 6.10 Å². The third-order valence-corrected chi connectivity index (χ3v) is 4.04. The second kappa shape index (κ2) is 7.11. The van der Waals surface area contributed by atoms with Crippen LogP contribution in [0.1, 0.15) is 30.2 Å². The van der Waals surface area contributed by atoms with Gasteiger partial charge in [-0.05, 0) is 36.2 Å². The summed E-state index contributed by atoms with van der Waals surface area (Å²) in [5.74, 6) is -1.87. The molecule has 0 radical (unpaired) electrons. The van der Waals surface area contributed by atoms with Crippen molar-refractivity contribution in [2.75, 3.05) is 6.54 Å². The Morgan fingerprint density at radius 2 is 1.86 bits per heavy atom. The molecule has 2 aromatic rings. The third kappa shape index (κ3) is 4.09. The lowest BCUT2D eigenvalue weighted by molar-refractivity contribution is 0.170. The second-order valence-electron chi connectivity index (χ2n) is 4.84. The quantitative estimate of drug-likeness (QED) is 0.845. The highest BCUT2D eigenvalue weighted by molar-refractivity contribution is 9.10. The number of benzene rings is 2. The highest BCUT2D eigenvalue weighted by Gasteiger charge is 2.14. The summed E-state index contributed by atoms with van der Waals surface area (Å²) in [7, 11) is 0. The van der Waals surface area contributed by atoms with Gasteiger partial charge in [-0.1, -0.05) is 40.2 Å². The molecule has 2 nitrogen and oxygen atoms in total. The largest absolute Gasteiger partial charge is 0.387 e. The second-order valence-corrected chi connectivity index (χ2v) is 5.70. The van der Waals surface area contributed by atoms with E-state index in [9.17, 15) is 13.9 Å². The number of halogens is 3. The average Bonchev–Trinajstić information content (AvgIpc) is 2.47. The number of aliphatic hydroxyl groups excluding tert-OH is 1. The molecule has 1 unspecified atom stereocenters. The zero-order valence-electron chi connectivity index (χ0n) is 11.5. The van der Waals surface area contributed by atoms with Gasteiger partial charge in [0, 0.05) is 17.1 Å². The zero-order valence-corrected chi connectivity index (χ0v) is 13.1. The minimum Gasteiger partial charge on any atom is -0.387 e. The molecule has 5 heteroatoms. The maximum atomic E-state index is 13.1. The highest BCUT2D eigenvalue weighted by Crippen LogP contribution is 2.23. The van der Waals surface area contributed by atoms with Gasteiger partial charge in [-0.2, -0.15) is 0 Å². The molecule has 0 saturated carbocycles. The molecular formula is C16H16BrF2NO. The lowest BCUT2D eigenvalue weighted by atomic mass is 10.1. The Hall–Kier alpha value is -1.30. The van der Waals surface area contributed by atoms with Crippen molar-refractivity contribution in [3.05, 3.63) is 69.7 Å². The number of hydrogen-bond donors (Lipinski definition) is 2. The van der Waals surface area contributed by atoms with E-state index in [0.717, 1.165) is 22.2 Å². The minimum atomic E-state index is -0.953. The first-order valence-electron chi connectivity index (χ1n) is 6.60. The SMILES string of the molecule is C[C@@H](NCC(O)c1ccc(F)c(F)c1)c1ccccc1Br. The van der Waals surface area contributed by atoms with E-state index in [0.29, 0.717) is 5.56 Å².